The van der Waals surface area contributed by atoms with Crippen LogP contribution in [-0.4, -0.2) is 13.1 Å². The number of nitrogens with one attached hydrogen (secondary N) is 1. The van der Waals surface area contributed by atoms with Gasteiger partial charge in [-0.25, -0.2) is 0 Å². The van der Waals surface area contributed by atoms with Gasteiger partial charge in [0.2, 0.25) is 0 Å². The standard InChI is InChI=1S/C9H18.C8H16.C5H11N.C3H8/c1-3-9-7-5-4-6-8(9)2;1-2-8-6-4-3-5-7-8;1-5-2-3-6-4-5;1-3-2/h8-9H,3-7H2,1-2H3;8H,2-7H2,1H3;5-6H,2-4H2,1H3;3H2,1-2H3. The van der Waals surface area contributed by atoms with Crippen molar-refractivity contribution >= 4 is 0 Å². The van der Waals surface area contributed by atoms with Crippen molar-refractivity contribution in [2.75, 3.05) is 13.1 Å². The lowest BCUT2D eigenvalue weighted by Crippen LogP contribution is -2.15. The van der Waals surface area contributed by atoms with Gasteiger partial charge in [0.1, 0.15) is 0 Å². The van der Waals surface area contributed by atoms with Gasteiger partial charge >= 0.3 is 0 Å². The summed E-state index contributed by atoms with van der Waals surface area (Å²) in [5, 5.41) is 3.27. The Morgan fingerprint density at radius 2 is 1.27 bits per heavy atom. The second-order valence-electron chi connectivity index (χ2n) is 9.15. The van der Waals surface area contributed by atoms with Crippen LogP contribution in [0.5, 0.6) is 0 Å². The van der Waals surface area contributed by atoms with Crippen molar-refractivity contribution in [3.05, 3.63) is 0 Å². The molecule has 3 fully saturated rings. The van der Waals surface area contributed by atoms with Crippen molar-refractivity contribution in [2.45, 2.75) is 125 Å². The Morgan fingerprint density at radius 1 is 0.692 bits per heavy atom. The minimum atomic E-state index is 0.935. The van der Waals surface area contributed by atoms with Crippen molar-refractivity contribution < 1.29 is 0 Å². The van der Waals surface area contributed by atoms with E-state index < -0.39 is 0 Å². The highest BCUT2D eigenvalue weighted by molar-refractivity contribution is 4.70. The van der Waals surface area contributed by atoms with Crippen molar-refractivity contribution in [1.29, 1.82) is 0 Å². The van der Waals surface area contributed by atoms with Gasteiger partial charge in [-0.3, -0.25) is 0 Å². The molecule has 0 aromatic rings. The van der Waals surface area contributed by atoms with Crippen LogP contribution < -0.4 is 5.32 Å². The smallest absolute Gasteiger partial charge is 0.00227 e. The Bertz CT molecular complexity index is 263. The average molecular weight is 368 g/mol. The SMILES string of the molecule is CC1CCNC1.CCC.CCC1CCCCC1.CCC1CCCCC1C. The zero-order chi connectivity index (χ0) is 19.6. The lowest BCUT2D eigenvalue weighted by Gasteiger charge is -2.27. The molecule has 1 heterocycles. The minimum absolute atomic E-state index is 0.935. The predicted molar refractivity (Wildman–Crippen MR) is 121 cm³/mol. The van der Waals surface area contributed by atoms with Gasteiger partial charge in [0.05, 0.1) is 0 Å². The fraction of sp³-hybridized carbons (Fsp3) is 1.00. The third kappa shape index (κ3) is 14.1. The fourth-order valence-electron chi connectivity index (χ4n) is 4.39. The van der Waals surface area contributed by atoms with Gasteiger partial charge in [0.25, 0.3) is 0 Å². The molecule has 1 saturated heterocycles. The summed E-state index contributed by atoms with van der Waals surface area (Å²) in [7, 11) is 0. The van der Waals surface area contributed by atoms with Crippen LogP contribution in [0.4, 0.5) is 0 Å². The van der Waals surface area contributed by atoms with Gasteiger partial charge in [-0.1, -0.05) is 119 Å². The van der Waals surface area contributed by atoms with Gasteiger partial charge < -0.3 is 5.32 Å². The largest absolute Gasteiger partial charge is 0.316 e. The van der Waals surface area contributed by atoms with Crippen LogP contribution in [0.2, 0.25) is 0 Å². The maximum Gasteiger partial charge on any atom is -0.00227 e. The summed E-state index contributed by atoms with van der Waals surface area (Å²) in [6, 6.07) is 0. The van der Waals surface area contributed by atoms with Crippen LogP contribution in [0.25, 0.3) is 0 Å². The third-order valence-electron chi connectivity index (χ3n) is 6.42. The summed E-state index contributed by atoms with van der Waals surface area (Å²) in [6.45, 7) is 16.1. The van der Waals surface area contributed by atoms with E-state index in [-0.39, 0.29) is 0 Å². The second kappa shape index (κ2) is 18.3. The van der Waals surface area contributed by atoms with E-state index in [1.54, 1.807) is 0 Å². The Hall–Kier alpha value is -0.0400. The van der Waals surface area contributed by atoms with E-state index >= 15 is 0 Å². The fourth-order valence-corrected chi connectivity index (χ4v) is 4.39. The summed E-state index contributed by atoms with van der Waals surface area (Å²) < 4.78 is 0. The van der Waals surface area contributed by atoms with Crippen LogP contribution >= 0.6 is 0 Å². The quantitative estimate of drug-likeness (QED) is 0.518. The van der Waals surface area contributed by atoms with Crippen molar-refractivity contribution in [3.8, 4) is 0 Å². The zero-order valence-corrected chi connectivity index (χ0v) is 19.4. The van der Waals surface area contributed by atoms with Crippen LogP contribution in [-0.2, 0) is 0 Å². The normalized spacial score (nSPS) is 28.6. The van der Waals surface area contributed by atoms with E-state index in [2.05, 4.69) is 46.9 Å². The molecular formula is C25H53N. The summed E-state index contributed by atoms with van der Waals surface area (Å²) in [5.41, 5.74) is 0. The van der Waals surface area contributed by atoms with Gasteiger partial charge in [-0.05, 0) is 43.2 Å². The molecule has 0 aromatic carbocycles. The Kier molecular flexibility index (Phi) is 18.3. The van der Waals surface area contributed by atoms with Gasteiger partial charge in [0.15, 0.2) is 0 Å². The Morgan fingerprint density at radius 3 is 1.58 bits per heavy atom. The van der Waals surface area contributed by atoms with Crippen molar-refractivity contribution in [1.82, 2.24) is 5.32 Å². The first-order chi connectivity index (χ1) is 12.6. The van der Waals surface area contributed by atoms with Crippen LogP contribution in [0.1, 0.15) is 125 Å². The van der Waals surface area contributed by atoms with E-state index in [0.29, 0.717) is 0 Å². The van der Waals surface area contributed by atoms with Crippen LogP contribution in [0.3, 0.4) is 0 Å². The molecule has 0 aromatic heterocycles. The van der Waals surface area contributed by atoms with Gasteiger partial charge in [0, 0.05) is 0 Å². The maximum absolute atomic E-state index is 3.27. The number of rotatable bonds is 2. The molecule has 0 radical (unpaired) electrons. The average Bonchev–Trinajstić information content (AvgIpc) is 3.15. The lowest BCUT2D eigenvalue weighted by atomic mass is 9.79. The molecule has 26 heavy (non-hydrogen) atoms. The van der Waals surface area contributed by atoms with E-state index in [0.717, 1.165) is 23.7 Å². The minimum Gasteiger partial charge on any atom is -0.316 e. The molecule has 1 aliphatic heterocycles. The van der Waals surface area contributed by atoms with E-state index in [4.69, 9.17) is 0 Å². The van der Waals surface area contributed by atoms with Crippen molar-refractivity contribution in [2.24, 2.45) is 23.7 Å². The van der Waals surface area contributed by atoms with E-state index in [9.17, 15) is 0 Å². The third-order valence-corrected chi connectivity index (χ3v) is 6.42. The molecule has 3 unspecified atom stereocenters. The molecular weight excluding hydrogens is 314 g/mol. The summed E-state index contributed by atoms with van der Waals surface area (Å²) in [6.07, 6.45) is 18.9. The monoisotopic (exact) mass is 367 g/mol. The molecule has 0 amide bonds. The van der Waals surface area contributed by atoms with Gasteiger partial charge in [-0.15, -0.1) is 0 Å². The van der Waals surface area contributed by atoms with E-state index in [1.807, 2.05) is 0 Å². The molecule has 1 N–H and O–H groups in total. The van der Waals surface area contributed by atoms with Crippen LogP contribution in [0, 0.1) is 23.7 Å². The molecule has 2 saturated carbocycles. The highest BCUT2D eigenvalue weighted by Gasteiger charge is 2.18. The number of hydrogen-bond donors (Lipinski definition) is 1. The Labute approximate surface area is 167 Å². The van der Waals surface area contributed by atoms with Crippen LogP contribution in [0.15, 0.2) is 0 Å². The molecule has 0 spiro atoms. The molecule has 2 aliphatic carbocycles. The molecule has 158 valence electrons. The first-order valence-corrected chi connectivity index (χ1v) is 12.3. The molecule has 1 heteroatoms. The summed E-state index contributed by atoms with van der Waals surface area (Å²) >= 11 is 0. The topological polar surface area (TPSA) is 12.0 Å². The highest BCUT2D eigenvalue weighted by Crippen LogP contribution is 2.31. The van der Waals surface area contributed by atoms with E-state index in [1.165, 1.54) is 96.6 Å². The number of hydrogen-bond acceptors (Lipinski definition) is 1. The maximum atomic E-state index is 3.27. The first kappa shape index (κ1) is 26.0. The second-order valence-corrected chi connectivity index (χ2v) is 9.15. The summed E-state index contributed by atoms with van der Waals surface area (Å²) in [4.78, 5) is 0. The predicted octanol–water partition coefficient (Wildman–Crippen LogP) is 8.23. The van der Waals surface area contributed by atoms with Crippen molar-refractivity contribution in [3.63, 3.8) is 0 Å². The molecule has 0 bridgehead atoms. The highest BCUT2D eigenvalue weighted by atomic mass is 14.9. The Balaban J connectivity index is 0.000000340. The lowest BCUT2D eigenvalue weighted by molar-refractivity contribution is 0.249. The molecule has 3 atom stereocenters. The molecule has 3 rings (SSSR count). The molecule has 1 nitrogen and oxygen atoms in total. The zero-order valence-electron chi connectivity index (χ0n) is 19.4. The summed E-state index contributed by atoms with van der Waals surface area (Å²) in [5.74, 6) is 4.09. The molecule has 3 aliphatic rings. The first-order valence-electron chi connectivity index (χ1n) is 12.3. The van der Waals surface area contributed by atoms with Gasteiger partial charge in [-0.2, -0.15) is 0 Å².